The molecule has 0 aromatic heterocycles. The molecule has 2 N–H and O–H groups in total. The molecule has 4 aromatic carbocycles. The molecule has 1 saturated heterocycles. The number of carbonyl (C=O) groups is 2. The first-order valence-electron chi connectivity index (χ1n) is 12.6. The average molecular weight is 558 g/mol. The summed E-state index contributed by atoms with van der Waals surface area (Å²) in [5.41, 5.74) is 1.71. The van der Waals surface area contributed by atoms with Crippen LogP contribution in [0.2, 0.25) is 0 Å². The number of hydrogen-bond acceptors (Lipinski definition) is 6. The maximum atomic E-state index is 14.2. The normalized spacial score (nSPS) is 16.2. The van der Waals surface area contributed by atoms with E-state index in [-0.39, 0.29) is 33.9 Å². The fraction of sp³-hybridized carbons (Fsp3) is 0.125. The largest absolute Gasteiger partial charge is 0.507 e. The standard InChI is InChI=1S/C32H25F2NO6/c1-18-14-21(9-12-26(18)41-17-19-6-4-3-5-7-19)30(37)28-29(20-8-13-27(40-2)25(36)15-20)35(32(39)31(28)38)22-10-11-23(33)24(34)16-22/h3-16,29,36-37H,17H2,1-2H3/b30-28+. The Hall–Kier alpha value is -5.18. The van der Waals surface area contributed by atoms with Gasteiger partial charge in [0.2, 0.25) is 0 Å². The Morgan fingerprint density at radius 3 is 2.29 bits per heavy atom. The highest BCUT2D eigenvalue weighted by molar-refractivity contribution is 6.51. The summed E-state index contributed by atoms with van der Waals surface area (Å²) in [6.45, 7) is 2.10. The topological polar surface area (TPSA) is 96.3 Å². The molecule has 0 bridgehead atoms. The molecule has 208 valence electrons. The van der Waals surface area contributed by atoms with Gasteiger partial charge in [-0.25, -0.2) is 8.78 Å². The van der Waals surface area contributed by atoms with Gasteiger partial charge in [-0.3, -0.25) is 14.5 Å². The zero-order valence-corrected chi connectivity index (χ0v) is 22.1. The van der Waals surface area contributed by atoms with Crippen molar-refractivity contribution < 1.29 is 38.1 Å². The van der Waals surface area contributed by atoms with Gasteiger partial charge >= 0.3 is 0 Å². The van der Waals surface area contributed by atoms with E-state index in [0.717, 1.165) is 28.7 Å². The predicted octanol–water partition coefficient (Wildman–Crippen LogP) is 6.19. The number of aliphatic hydroxyl groups excluding tert-OH is 1. The molecule has 1 aliphatic rings. The lowest BCUT2D eigenvalue weighted by Gasteiger charge is -2.26. The first kappa shape index (κ1) is 27.4. The zero-order valence-electron chi connectivity index (χ0n) is 22.1. The molecular weight excluding hydrogens is 532 g/mol. The summed E-state index contributed by atoms with van der Waals surface area (Å²) in [7, 11) is 1.36. The van der Waals surface area contributed by atoms with Gasteiger partial charge in [-0.1, -0.05) is 36.4 Å². The van der Waals surface area contributed by atoms with Gasteiger partial charge in [0.25, 0.3) is 11.7 Å². The van der Waals surface area contributed by atoms with Crippen LogP contribution >= 0.6 is 0 Å². The zero-order chi connectivity index (χ0) is 29.3. The van der Waals surface area contributed by atoms with Gasteiger partial charge in [0.1, 0.15) is 18.1 Å². The number of aliphatic hydroxyl groups is 1. The van der Waals surface area contributed by atoms with E-state index in [4.69, 9.17) is 9.47 Å². The molecule has 9 heteroatoms. The average Bonchev–Trinajstić information content (AvgIpc) is 3.23. The first-order chi connectivity index (χ1) is 19.7. The van der Waals surface area contributed by atoms with Gasteiger partial charge in [0, 0.05) is 17.3 Å². The Bertz CT molecular complexity index is 1690. The van der Waals surface area contributed by atoms with Crippen LogP contribution in [0.25, 0.3) is 5.76 Å². The quantitative estimate of drug-likeness (QED) is 0.160. The number of aromatic hydroxyl groups is 1. The van der Waals surface area contributed by atoms with Gasteiger partial charge < -0.3 is 19.7 Å². The van der Waals surface area contributed by atoms with E-state index < -0.39 is 35.1 Å². The van der Waals surface area contributed by atoms with Crippen molar-refractivity contribution in [2.75, 3.05) is 12.0 Å². The number of phenolic OH excluding ortho intramolecular Hbond substituents is 1. The molecule has 5 rings (SSSR count). The second-order valence-corrected chi connectivity index (χ2v) is 9.45. The van der Waals surface area contributed by atoms with Gasteiger partial charge in [-0.15, -0.1) is 0 Å². The number of halogens is 2. The number of ether oxygens (including phenoxy) is 2. The minimum absolute atomic E-state index is 0.105. The van der Waals surface area contributed by atoms with Gasteiger partial charge in [-0.2, -0.15) is 0 Å². The third-order valence-electron chi connectivity index (χ3n) is 6.83. The third kappa shape index (κ3) is 5.21. The minimum atomic E-state index is -1.27. The van der Waals surface area contributed by atoms with Gasteiger partial charge in [0.05, 0.1) is 18.7 Å². The number of anilines is 1. The number of amides is 1. The van der Waals surface area contributed by atoms with Crippen LogP contribution in [-0.4, -0.2) is 29.0 Å². The first-order valence-corrected chi connectivity index (χ1v) is 12.6. The molecular formula is C32H25F2NO6. The van der Waals surface area contributed by atoms with Crippen LogP contribution in [0.15, 0.2) is 90.5 Å². The number of phenols is 1. The minimum Gasteiger partial charge on any atom is -0.507 e. The SMILES string of the molecule is COc1ccc(C2/C(=C(\O)c3ccc(OCc4ccccc4)c(C)c3)C(=O)C(=O)N2c2ccc(F)c(F)c2)cc1O. The molecule has 41 heavy (non-hydrogen) atoms. The highest BCUT2D eigenvalue weighted by Crippen LogP contribution is 2.44. The summed E-state index contributed by atoms with van der Waals surface area (Å²) in [6, 6.07) is 20.1. The lowest BCUT2D eigenvalue weighted by Crippen LogP contribution is -2.29. The Balaban J connectivity index is 1.59. The number of methoxy groups -OCH3 is 1. The van der Waals surface area contributed by atoms with Crippen molar-refractivity contribution >= 4 is 23.1 Å². The second kappa shape index (κ2) is 11.1. The number of aryl methyl sites for hydroxylation is 1. The molecule has 7 nitrogen and oxygen atoms in total. The molecule has 4 aromatic rings. The molecule has 1 unspecified atom stereocenters. The summed E-state index contributed by atoms with van der Waals surface area (Å²) < 4.78 is 38.9. The highest BCUT2D eigenvalue weighted by atomic mass is 19.2. The maximum Gasteiger partial charge on any atom is 0.300 e. The highest BCUT2D eigenvalue weighted by Gasteiger charge is 2.47. The summed E-state index contributed by atoms with van der Waals surface area (Å²) in [5.74, 6) is -4.50. The number of hydrogen-bond donors (Lipinski definition) is 2. The number of ketones is 1. The van der Waals surface area contributed by atoms with Crippen LogP contribution in [-0.2, 0) is 16.2 Å². The second-order valence-electron chi connectivity index (χ2n) is 9.45. The number of carbonyl (C=O) groups excluding carboxylic acids is 2. The van der Waals surface area contributed by atoms with Crippen molar-refractivity contribution in [3.8, 4) is 17.2 Å². The molecule has 1 atom stereocenters. The van der Waals surface area contributed by atoms with E-state index in [1.165, 1.54) is 25.3 Å². The number of rotatable bonds is 7. The van der Waals surface area contributed by atoms with Crippen molar-refractivity contribution in [2.45, 2.75) is 19.6 Å². The van der Waals surface area contributed by atoms with E-state index in [1.54, 1.807) is 25.1 Å². The van der Waals surface area contributed by atoms with Crippen LogP contribution in [0.3, 0.4) is 0 Å². The molecule has 0 saturated carbocycles. The van der Waals surface area contributed by atoms with Crippen molar-refractivity contribution in [1.82, 2.24) is 0 Å². The summed E-state index contributed by atoms with van der Waals surface area (Å²) in [4.78, 5) is 27.6. The van der Waals surface area contributed by atoms with Crippen LogP contribution in [0.1, 0.15) is 28.3 Å². The number of nitrogens with zero attached hydrogens (tertiary/aromatic N) is 1. The maximum absolute atomic E-state index is 14.2. The van der Waals surface area contributed by atoms with E-state index in [2.05, 4.69) is 0 Å². The summed E-state index contributed by atoms with van der Waals surface area (Å²) in [6.07, 6.45) is 0. The summed E-state index contributed by atoms with van der Waals surface area (Å²) in [5, 5.41) is 21.9. The third-order valence-corrected chi connectivity index (χ3v) is 6.83. The van der Waals surface area contributed by atoms with Crippen molar-refractivity contribution in [1.29, 1.82) is 0 Å². The fourth-order valence-corrected chi connectivity index (χ4v) is 4.78. The van der Waals surface area contributed by atoms with E-state index >= 15 is 0 Å². The van der Waals surface area contributed by atoms with Crippen LogP contribution in [0, 0.1) is 18.6 Å². The van der Waals surface area contributed by atoms with Gasteiger partial charge in [-0.05, 0) is 66.1 Å². The van der Waals surface area contributed by atoms with Crippen molar-refractivity contribution in [3.63, 3.8) is 0 Å². The van der Waals surface area contributed by atoms with E-state index in [9.17, 15) is 28.6 Å². The van der Waals surface area contributed by atoms with Crippen LogP contribution in [0.5, 0.6) is 17.2 Å². The van der Waals surface area contributed by atoms with Crippen molar-refractivity contribution in [2.24, 2.45) is 0 Å². The Labute approximate surface area is 234 Å². The van der Waals surface area contributed by atoms with Crippen LogP contribution < -0.4 is 14.4 Å². The predicted molar refractivity (Wildman–Crippen MR) is 148 cm³/mol. The molecule has 1 fully saturated rings. The van der Waals surface area contributed by atoms with E-state index in [1.807, 2.05) is 30.3 Å². The molecule has 0 spiro atoms. The number of benzene rings is 4. The van der Waals surface area contributed by atoms with Gasteiger partial charge in [0.15, 0.2) is 23.1 Å². The molecule has 1 aliphatic heterocycles. The molecule has 1 amide bonds. The summed E-state index contributed by atoms with van der Waals surface area (Å²) >= 11 is 0. The fourth-order valence-electron chi connectivity index (χ4n) is 4.78. The van der Waals surface area contributed by atoms with Crippen molar-refractivity contribution in [3.05, 3.63) is 124 Å². The Morgan fingerprint density at radius 2 is 1.63 bits per heavy atom. The van der Waals surface area contributed by atoms with E-state index in [0.29, 0.717) is 17.9 Å². The lowest BCUT2D eigenvalue weighted by molar-refractivity contribution is -0.132. The molecule has 0 aliphatic carbocycles. The lowest BCUT2D eigenvalue weighted by atomic mass is 9.94. The van der Waals surface area contributed by atoms with Crippen LogP contribution in [0.4, 0.5) is 14.5 Å². The Morgan fingerprint density at radius 1 is 0.902 bits per heavy atom. The Kier molecular flexibility index (Phi) is 7.43. The smallest absolute Gasteiger partial charge is 0.300 e. The monoisotopic (exact) mass is 557 g/mol. The molecule has 0 radical (unpaired) electrons. The molecule has 1 heterocycles. The number of Topliss-reactive ketones (excluding diaryl/α,β-unsaturated/α-hetero) is 1.